The Morgan fingerprint density at radius 3 is 1.19 bits per heavy atom. The maximum Gasteiger partial charge on any atom is 0.137 e. The first kappa shape index (κ1) is 33.7. The van der Waals surface area contributed by atoms with Gasteiger partial charge in [0.2, 0.25) is 0 Å². The monoisotopic (exact) mass is 614 g/mol. The van der Waals surface area contributed by atoms with Crippen molar-refractivity contribution in [2.24, 2.45) is 10.8 Å². The van der Waals surface area contributed by atoms with Gasteiger partial charge in [-0.2, -0.15) is 10.2 Å². The van der Waals surface area contributed by atoms with Gasteiger partial charge in [-0.25, -0.2) is 9.97 Å². The van der Waals surface area contributed by atoms with Crippen molar-refractivity contribution in [1.29, 1.82) is 0 Å². The molecule has 2 aromatic carbocycles. The van der Waals surface area contributed by atoms with Gasteiger partial charge in [0, 0.05) is 10.0 Å². The Labute approximate surface area is 259 Å². The van der Waals surface area contributed by atoms with Crippen molar-refractivity contribution in [3.05, 3.63) is 95.0 Å². The van der Waals surface area contributed by atoms with Crippen molar-refractivity contribution < 1.29 is 10.2 Å². The second-order valence-corrected chi connectivity index (χ2v) is 13.9. The van der Waals surface area contributed by atoms with E-state index in [1.807, 2.05) is 90.1 Å². The van der Waals surface area contributed by atoms with Gasteiger partial charge in [0.15, 0.2) is 0 Å². The third-order valence-corrected chi connectivity index (χ3v) is 8.56. The maximum atomic E-state index is 11.1. The zero-order valence-corrected chi connectivity index (χ0v) is 27.0. The summed E-state index contributed by atoms with van der Waals surface area (Å²) in [6.45, 7) is 13.2. The summed E-state index contributed by atoms with van der Waals surface area (Å²) in [7, 11) is 0. The number of aromatic nitrogens is 6. The fraction of sp³-hybridized carbons (Fsp3) is 0.500. The van der Waals surface area contributed by atoms with E-state index in [9.17, 15) is 10.2 Å². The number of nitrogens with zero attached hydrogens (tertiary/aromatic N) is 6. The Morgan fingerprint density at radius 2 is 0.929 bits per heavy atom. The van der Waals surface area contributed by atoms with Gasteiger partial charge in [0.05, 0.1) is 24.3 Å². The van der Waals surface area contributed by atoms with Crippen molar-refractivity contribution in [3.63, 3.8) is 0 Å². The highest BCUT2D eigenvalue weighted by Gasteiger charge is 2.41. The second-order valence-electron chi connectivity index (χ2n) is 13.0. The molecule has 0 aliphatic rings. The van der Waals surface area contributed by atoms with Crippen LogP contribution in [0, 0.1) is 10.8 Å². The van der Waals surface area contributed by atoms with Crippen LogP contribution in [0.1, 0.15) is 65.5 Å². The minimum Gasteiger partial charge on any atom is -0.387 e. The van der Waals surface area contributed by atoms with Gasteiger partial charge < -0.3 is 10.2 Å². The molecule has 0 saturated heterocycles. The van der Waals surface area contributed by atoms with E-state index in [0.29, 0.717) is 25.9 Å². The third-order valence-electron chi connectivity index (χ3n) is 8.05. The van der Waals surface area contributed by atoms with Crippen LogP contribution < -0.4 is 0 Å². The molecule has 0 bridgehead atoms. The molecular weight excluding hydrogens is 571 g/mol. The number of aryl methyl sites for hydroxylation is 2. The molecule has 2 N–H and O–H groups in total. The lowest BCUT2D eigenvalue weighted by atomic mass is 9.73. The smallest absolute Gasteiger partial charge is 0.137 e. The zero-order chi connectivity index (χ0) is 31.0. The molecule has 0 aliphatic heterocycles. The summed E-state index contributed by atoms with van der Waals surface area (Å²) in [6, 6.07) is 15.5. The summed E-state index contributed by atoms with van der Waals surface area (Å²) in [5.74, 6) is 0. The summed E-state index contributed by atoms with van der Waals surface area (Å²) in [5.41, 5.74) is 0.0959. The molecule has 0 radical (unpaired) electrons. The van der Waals surface area contributed by atoms with Crippen LogP contribution in [0.4, 0.5) is 0 Å². The first-order valence-electron chi connectivity index (χ1n) is 14.2. The predicted molar refractivity (Wildman–Crippen MR) is 168 cm³/mol. The van der Waals surface area contributed by atoms with Crippen LogP contribution in [0.25, 0.3) is 0 Å². The summed E-state index contributed by atoms with van der Waals surface area (Å²) < 4.78 is 3.38. The number of rotatable bonds is 10. The zero-order valence-electron chi connectivity index (χ0n) is 25.5. The maximum absolute atomic E-state index is 11.1. The minimum atomic E-state index is -0.861. The SMILES string of the molecule is CC(C)(C)C(O)(CCc1ccc(Cl)cc1)Cn1cncn1.CC(C)(C)C(O)(CCc1ccc(Cl)cc1)Cn1cncn1. The van der Waals surface area contributed by atoms with Gasteiger partial charge in [-0.15, -0.1) is 0 Å². The molecule has 10 heteroatoms. The van der Waals surface area contributed by atoms with Gasteiger partial charge in [-0.05, 0) is 71.9 Å². The Balaban J connectivity index is 0.000000230. The molecule has 0 saturated carbocycles. The Bertz CT molecular complexity index is 1230. The molecule has 8 nitrogen and oxygen atoms in total. The molecule has 4 aromatic rings. The van der Waals surface area contributed by atoms with Crippen molar-refractivity contribution in [2.45, 2.75) is 91.5 Å². The number of halogens is 2. The van der Waals surface area contributed by atoms with Crippen LogP contribution in [-0.2, 0) is 25.9 Å². The lowest BCUT2D eigenvalue weighted by Gasteiger charge is -2.40. The van der Waals surface area contributed by atoms with Crippen molar-refractivity contribution in [3.8, 4) is 0 Å². The van der Waals surface area contributed by atoms with E-state index in [-0.39, 0.29) is 10.8 Å². The van der Waals surface area contributed by atoms with Crippen LogP contribution in [0.3, 0.4) is 0 Å². The van der Waals surface area contributed by atoms with Crippen LogP contribution in [0.2, 0.25) is 10.0 Å². The quantitative estimate of drug-likeness (QED) is 0.206. The lowest BCUT2D eigenvalue weighted by Crippen LogP contribution is -2.47. The van der Waals surface area contributed by atoms with Crippen molar-refractivity contribution in [1.82, 2.24) is 29.5 Å². The van der Waals surface area contributed by atoms with E-state index in [4.69, 9.17) is 23.2 Å². The van der Waals surface area contributed by atoms with Gasteiger partial charge in [0.1, 0.15) is 25.3 Å². The third kappa shape index (κ3) is 9.63. The average molecular weight is 616 g/mol. The molecule has 228 valence electrons. The van der Waals surface area contributed by atoms with Crippen molar-refractivity contribution >= 4 is 23.2 Å². The van der Waals surface area contributed by atoms with E-state index in [2.05, 4.69) is 20.2 Å². The van der Waals surface area contributed by atoms with Crippen molar-refractivity contribution in [2.75, 3.05) is 0 Å². The fourth-order valence-corrected chi connectivity index (χ4v) is 4.80. The molecule has 0 amide bonds. The Hall–Kier alpha value is -2.78. The van der Waals surface area contributed by atoms with Crippen LogP contribution in [-0.4, -0.2) is 50.9 Å². The molecule has 2 unspecified atom stereocenters. The Morgan fingerprint density at radius 1 is 0.595 bits per heavy atom. The highest BCUT2D eigenvalue weighted by Crippen LogP contribution is 2.37. The van der Waals surface area contributed by atoms with E-state index >= 15 is 0 Å². The molecule has 4 rings (SSSR count). The normalized spacial score (nSPS) is 14.9. The number of hydrogen-bond acceptors (Lipinski definition) is 6. The second kappa shape index (κ2) is 14.1. The Kier molecular flexibility index (Phi) is 11.3. The average Bonchev–Trinajstić information content (AvgIpc) is 3.62. The van der Waals surface area contributed by atoms with E-state index < -0.39 is 11.2 Å². The molecule has 2 atom stereocenters. The van der Waals surface area contributed by atoms with E-state index in [1.165, 1.54) is 23.8 Å². The standard InChI is InChI=1S/2C16H22ClN3O/c2*1-15(2,3)16(21,10-20-12-18-11-19-20)9-8-13-4-6-14(17)7-5-13/h2*4-7,11-12,21H,8-10H2,1-3H3. The lowest BCUT2D eigenvalue weighted by molar-refractivity contribution is -0.0797. The molecular formula is C32H44Cl2N6O2. The molecule has 0 spiro atoms. The highest BCUT2D eigenvalue weighted by atomic mass is 35.5. The summed E-state index contributed by atoms with van der Waals surface area (Å²) in [4.78, 5) is 7.88. The number of hydrogen-bond donors (Lipinski definition) is 2. The topological polar surface area (TPSA) is 102 Å². The van der Waals surface area contributed by atoms with Gasteiger partial charge >= 0.3 is 0 Å². The predicted octanol–water partition coefficient (Wildman–Crippen LogP) is 6.68. The molecule has 2 heterocycles. The van der Waals surface area contributed by atoms with E-state index in [1.54, 1.807) is 22.0 Å². The van der Waals surface area contributed by atoms with Gasteiger partial charge in [0.25, 0.3) is 0 Å². The van der Waals surface area contributed by atoms with Crippen LogP contribution >= 0.6 is 23.2 Å². The van der Waals surface area contributed by atoms with Gasteiger partial charge in [-0.1, -0.05) is 89.0 Å². The largest absolute Gasteiger partial charge is 0.387 e. The number of aliphatic hydroxyl groups is 2. The molecule has 0 fully saturated rings. The van der Waals surface area contributed by atoms with Gasteiger partial charge in [-0.3, -0.25) is 9.36 Å². The van der Waals surface area contributed by atoms with Crippen LogP contribution in [0.5, 0.6) is 0 Å². The summed E-state index contributed by atoms with van der Waals surface area (Å²) >= 11 is 11.8. The minimum absolute atomic E-state index is 0.259. The molecule has 2 aromatic heterocycles. The molecule has 0 aliphatic carbocycles. The first-order chi connectivity index (χ1) is 19.6. The fourth-order valence-electron chi connectivity index (χ4n) is 4.55. The molecule has 42 heavy (non-hydrogen) atoms. The summed E-state index contributed by atoms with van der Waals surface area (Å²) in [6.07, 6.45) is 9.14. The number of benzene rings is 2. The first-order valence-corrected chi connectivity index (χ1v) is 14.9. The van der Waals surface area contributed by atoms with Crippen LogP contribution in [0.15, 0.2) is 73.8 Å². The van der Waals surface area contributed by atoms with E-state index in [0.717, 1.165) is 22.9 Å². The highest BCUT2D eigenvalue weighted by molar-refractivity contribution is 6.30. The summed E-state index contributed by atoms with van der Waals surface area (Å²) in [5, 5.41) is 31.9.